The van der Waals surface area contributed by atoms with E-state index in [0.29, 0.717) is 0 Å². The molecule has 1 aliphatic rings. The molecule has 138 valence electrons. The van der Waals surface area contributed by atoms with Crippen molar-refractivity contribution in [2.24, 2.45) is 0 Å². The molecule has 1 heterocycles. The van der Waals surface area contributed by atoms with Gasteiger partial charge in [-0.1, -0.05) is 25.1 Å². The van der Waals surface area contributed by atoms with Crippen molar-refractivity contribution in [1.29, 1.82) is 0 Å². The van der Waals surface area contributed by atoms with E-state index in [-0.39, 0.29) is 31.1 Å². The van der Waals surface area contributed by atoms with Gasteiger partial charge in [0.25, 0.3) is 0 Å². The highest BCUT2D eigenvalue weighted by atomic mass is 19.4. The van der Waals surface area contributed by atoms with E-state index in [1.165, 1.54) is 37.1 Å². The van der Waals surface area contributed by atoms with Gasteiger partial charge in [0.05, 0.1) is 11.7 Å². The maximum Gasteiger partial charge on any atom is 0.416 e. The molecule has 8 heteroatoms. The summed E-state index contributed by atoms with van der Waals surface area (Å²) in [5.41, 5.74) is -0.751. The average Bonchev–Trinajstić information content (AvgIpc) is 2.99. The molecule has 25 heavy (non-hydrogen) atoms. The fourth-order valence-electron chi connectivity index (χ4n) is 3.15. The van der Waals surface area contributed by atoms with Crippen molar-refractivity contribution in [2.45, 2.75) is 44.0 Å². The molecule has 1 aliphatic heterocycles. The molecule has 1 amide bonds. The Hall–Kier alpha value is -2.09. The van der Waals surface area contributed by atoms with Crippen LogP contribution in [-0.4, -0.2) is 47.7 Å². The zero-order chi connectivity index (χ0) is 18.8. The largest absolute Gasteiger partial charge is 0.480 e. The summed E-state index contributed by atoms with van der Waals surface area (Å²) in [4.78, 5) is 25.0. The number of rotatable bonds is 5. The van der Waals surface area contributed by atoms with E-state index in [2.05, 4.69) is 0 Å². The van der Waals surface area contributed by atoms with Gasteiger partial charge in [0.15, 0.2) is 0 Å². The Labute approximate surface area is 143 Å². The van der Waals surface area contributed by atoms with Crippen LogP contribution in [-0.2, 0) is 20.5 Å². The zero-order valence-corrected chi connectivity index (χ0v) is 13.9. The maximum absolute atomic E-state index is 13.1. The number of alkyl halides is 3. The van der Waals surface area contributed by atoms with Crippen molar-refractivity contribution in [1.82, 2.24) is 4.90 Å². The van der Waals surface area contributed by atoms with E-state index in [1.807, 2.05) is 0 Å². The van der Waals surface area contributed by atoms with Crippen LogP contribution in [0.25, 0.3) is 0 Å². The lowest BCUT2D eigenvalue weighted by Crippen LogP contribution is -2.41. The number of carbonyl (C=O) groups is 2. The predicted octanol–water partition coefficient (Wildman–Crippen LogP) is 2.90. The summed E-state index contributed by atoms with van der Waals surface area (Å²) in [6.45, 7) is 1.65. The van der Waals surface area contributed by atoms with Crippen molar-refractivity contribution in [3.05, 3.63) is 35.4 Å². The molecule has 1 aromatic rings. The number of nitrogens with zero attached hydrogens (tertiary/aromatic N) is 1. The first-order valence-electron chi connectivity index (χ1n) is 7.86. The molecule has 1 fully saturated rings. The Morgan fingerprint density at radius 1 is 1.36 bits per heavy atom. The fraction of sp³-hybridized carbons (Fsp3) is 0.529. The highest BCUT2D eigenvalue weighted by Crippen LogP contribution is 2.36. The number of halogens is 3. The van der Waals surface area contributed by atoms with E-state index in [4.69, 9.17) is 4.74 Å². The Morgan fingerprint density at radius 2 is 2.00 bits per heavy atom. The molecule has 0 saturated carbocycles. The third kappa shape index (κ3) is 4.31. The molecular formula is C17H20F3NO4. The molecule has 2 rings (SSSR count). The van der Waals surface area contributed by atoms with E-state index in [0.717, 1.165) is 6.07 Å². The van der Waals surface area contributed by atoms with Crippen LogP contribution in [0.3, 0.4) is 0 Å². The number of carboxylic acids is 1. The van der Waals surface area contributed by atoms with Crippen LogP contribution in [0, 0.1) is 0 Å². The summed E-state index contributed by atoms with van der Waals surface area (Å²) < 4.78 is 44.5. The fourth-order valence-corrected chi connectivity index (χ4v) is 3.15. The summed E-state index contributed by atoms with van der Waals surface area (Å²) >= 11 is 0. The minimum atomic E-state index is -4.51. The van der Waals surface area contributed by atoms with E-state index >= 15 is 0 Å². The maximum atomic E-state index is 13.1. The number of hydrogen-bond acceptors (Lipinski definition) is 3. The lowest BCUT2D eigenvalue weighted by atomic mass is 9.92. The average molecular weight is 359 g/mol. The lowest BCUT2D eigenvalue weighted by Gasteiger charge is -2.24. The number of likely N-dealkylation sites (tertiary alicyclic amines) is 1. The first-order chi connectivity index (χ1) is 11.6. The Bertz CT molecular complexity index is 647. The number of amides is 1. The van der Waals surface area contributed by atoms with Gasteiger partial charge in [-0.2, -0.15) is 13.2 Å². The number of carbonyl (C=O) groups excluding carboxylic acids is 1. The third-order valence-corrected chi connectivity index (χ3v) is 4.48. The minimum absolute atomic E-state index is 0.0257. The zero-order valence-electron chi connectivity index (χ0n) is 13.9. The van der Waals surface area contributed by atoms with Crippen molar-refractivity contribution < 1.29 is 32.6 Å². The normalized spacial score (nSPS) is 22.0. The molecule has 1 aromatic carbocycles. The monoisotopic (exact) mass is 359 g/mol. The van der Waals surface area contributed by atoms with E-state index < -0.39 is 35.6 Å². The molecule has 0 aliphatic carbocycles. The minimum Gasteiger partial charge on any atom is -0.480 e. The second-order valence-corrected chi connectivity index (χ2v) is 6.18. The summed E-state index contributed by atoms with van der Waals surface area (Å²) in [5.74, 6) is -2.32. The second kappa shape index (κ2) is 7.43. The van der Waals surface area contributed by atoms with E-state index in [1.54, 1.807) is 0 Å². The van der Waals surface area contributed by atoms with Gasteiger partial charge in [-0.05, 0) is 17.5 Å². The van der Waals surface area contributed by atoms with Crippen LogP contribution in [0.15, 0.2) is 24.3 Å². The molecule has 0 spiro atoms. The Kier molecular flexibility index (Phi) is 5.72. The quantitative estimate of drug-likeness (QED) is 0.878. The Morgan fingerprint density at radius 3 is 2.56 bits per heavy atom. The molecule has 1 N–H and O–H groups in total. The smallest absolute Gasteiger partial charge is 0.416 e. The van der Waals surface area contributed by atoms with Gasteiger partial charge in [-0.15, -0.1) is 0 Å². The van der Waals surface area contributed by atoms with Crippen molar-refractivity contribution >= 4 is 11.9 Å². The molecule has 1 saturated heterocycles. The summed E-state index contributed by atoms with van der Waals surface area (Å²) in [6.07, 6.45) is -4.92. The molecule has 0 aromatic heterocycles. The molecule has 3 atom stereocenters. The molecule has 5 nitrogen and oxygen atoms in total. The Balaban J connectivity index is 2.17. The van der Waals surface area contributed by atoms with Gasteiger partial charge in [-0.3, -0.25) is 4.79 Å². The first-order valence-corrected chi connectivity index (χ1v) is 7.86. The van der Waals surface area contributed by atoms with Crippen molar-refractivity contribution in [3.63, 3.8) is 0 Å². The second-order valence-electron chi connectivity index (χ2n) is 6.18. The lowest BCUT2D eigenvalue weighted by molar-refractivity contribution is -0.148. The van der Waals surface area contributed by atoms with E-state index in [9.17, 15) is 27.9 Å². The van der Waals surface area contributed by atoms with Gasteiger partial charge in [0, 0.05) is 26.5 Å². The van der Waals surface area contributed by atoms with Gasteiger partial charge < -0.3 is 14.7 Å². The van der Waals surface area contributed by atoms with Crippen LogP contribution in [0.1, 0.15) is 36.8 Å². The van der Waals surface area contributed by atoms with Gasteiger partial charge in [0.1, 0.15) is 6.04 Å². The number of aliphatic carboxylic acids is 1. The van der Waals surface area contributed by atoms with Crippen LogP contribution in [0.5, 0.6) is 0 Å². The molecule has 0 radical (unpaired) electrons. The number of methoxy groups -OCH3 is 1. The van der Waals surface area contributed by atoms with Gasteiger partial charge in [-0.25, -0.2) is 4.79 Å². The van der Waals surface area contributed by atoms with Crippen LogP contribution < -0.4 is 0 Å². The highest BCUT2D eigenvalue weighted by Gasteiger charge is 2.40. The summed E-state index contributed by atoms with van der Waals surface area (Å²) in [5, 5.41) is 9.25. The van der Waals surface area contributed by atoms with Crippen LogP contribution in [0.4, 0.5) is 13.2 Å². The number of carboxylic acid groups (broad SMARTS) is 1. The summed E-state index contributed by atoms with van der Waals surface area (Å²) in [6, 6.07) is 4.10. The molecular weight excluding hydrogens is 339 g/mol. The number of hydrogen-bond donors (Lipinski definition) is 1. The topological polar surface area (TPSA) is 66.8 Å². The SMILES string of the molecule is COC1CC(C(=O)O)N(C(=O)CC(C)c2ccccc2C(F)(F)F)C1. The van der Waals surface area contributed by atoms with Crippen LogP contribution >= 0.6 is 0 Å². The third-order valence-electron chi connectivity index (χ3n) is 4.48. The highest BCUT2D eigenvalue weighted by molar-refractivity contribution is 5.85. The van der Waals surface area contributed by atoms with Gasteiger partial charge >= 0.3 is 12.1 Å². The van der Waals surface area contributed by atoms with Crippen LogP contribution in [0.2, 0.25) is 0 Å². The predicted molar refractivity (Wildman–Crippen MR) is 83.0 cm³/mol. The van der Waals surface area contributed by atoms with Crippen molar-refractivity contribution in [3.8, 4) is 0 Å². The molecule has 3 unspecified atom stereocenters. The first kappa shape index (κ1) is 19.2. The number of ether oxygens (including phenoxy) is 1. The van der Waals surface area contributed by atoms with Crippen molar-refractivity contribution in [2.75, 3.05) is 13.7 Å². The van der Waals surface area contributed by atoms with Gasteiger partial charge in [0.2, 0.25) is 5.91 Å². The number of benzene rings is 1. The summed E-state index contributed by atoms with van der Waals surface area (Å²) in [7, 11) is 1.43. The standard InChI is InChI=1S/C17H20F3NO4/c1-10(12-5-3-4-6-13(12)17(18,19)20)7-15(22)21-9-11(25-2)8-14(21)16(23)24/h3-6,10-11,14H,7-9H2,1-2H3,(H,23,24). The molecule has 0 bridgehead atoms.